The van der Waals surface area contributed by atoms with E-state index < -0.39 is 0 Å². The van der Waals surface area contributed by atoms with Gasteiger partial charge in [-0.1, -0.05) is 153 Å². The smallest absolute Gasteiger partial charge is 0.0637 e. The van der Waals surface area contributed by atoms with Crippen LogP contribution in [0, 0.1) is 0 Å². The molecule has 1 aliphatic heterocycles. The zero-order chi connectivity index (χ0) is 36.0. The maximum Gasteiger partial charge on any atom is 0.0637 e. The molecule has 54 heavy (non-hydrogen) atoms. The topological polar surface area (TPSA) is 8.17 Å². The molecule has 0 spiro atoms. The normalized spacial score (nSPS) is 15.6. The molecule has 260 valence electrons. The highest BCUT2D eigenvalue weighted by atomic mass is 15.2. The van der Waals surface area contributed by atoms with Gasteiger partial charge in [0, 0.05) is 28.4 Å². The van der Waals surface area contributed by atoms with Gasteiger partial charge in [-0.25, -0.2) is 0 Å². The van der Waals surface area contributed by atoms with Gasteiger partial charge >= 0.3 is 0 Å². The number of hydrogen-bond donors (Lipinski definition) is 0. The van der Waals surface area contributed by atoms with Crippen LogP contribution in [0.2, 0.25) is 0 Å². The van der Waals surface area contributed by atoms with Crippen LogP contribution >= 0.6 is 0 Å². The first-order chi connectivity index (χ1) is 26.7. The summed E-state index contributed by atoms with van der Waals surface area (Å²) >= 11 is 0. The molecule has 2 aliphatic rings. The number of para-hydroxylation sites is 2. The highest BCUT2D eigenvalue weighted by molar-refractivity contribution is 5.94. The Hall–Kier alpha value is -6.38. The average Bonchev–Trinajstić information content (AvgIpc) is 3.76. The molecule has 2 atom stereocenters. The summed E-state index contributed by atoms with van der Waals surface area (Å²) in [5, 5.41) is 1.32. The molecule has 0 fully saturated rings. The molecule has 0 saturated heterocycles. The minimum Gasteiger partial charge on any atom is -0.333 e. The highest BCUT2D eigenvalue weighted by Crippen LogP contribution is 2.54. The Morgan fingerprint density at radius 2 is 1.15 bits per heavy atom. The summed E-state index contributed by atoms with van der Waals surface area (Å²) in [6.45, 7) is 2.25. The van der Waals surface area contributed by atoms with Crippen molar-refractivity contribution in [3.05, 3.63) is 204 Å². The molecule has 2 unspecified atom stereocenters. The number of rotatable bonds is 8. The molecule has 2 heteroatoms. The lowest BCUT2D eigenvalue weighted by atomic mass is 9.82. The number of unbranched alkanes of at least 4 members (excludes halogenated alkanes) is 1. The summed E-state index contributed by atoms with van der Waals surface area (Å²) in [5.74, 6) is 0.202. The predicted octanol–water partition coefficient (Wildman–Crippen LogP) is 13.7. The Kier molecular flexibility index (Phi) is 8.10. The molecule has 2 nitrogen and oxygen atoms in total. The molecule has 0 amide bonds. The number of nitrogens with zero attached hydrogens (tertiary/aromatic N) is 2. The zero-order valence-electron chi connectivity index (χ0n) is 30.6. The molecule has 2 heterocycles. The number of hydrogen-bond acceptors (Lipinski definition) is 1. The first-order valence-electron chi connectivity index (χ1n) is 19.4. The van der Waals surface area contributed by atoms with Gasteiger partial charge in [-0.05, 0) is 111 Å². The van der Waals surface area contributed by atoms with E-state index in [-0.39, 0.29) is 12.0 Å². The van der Waals surface area contributed by atoms with E-state index in [1.807, 2.05) is 0 Å². The third-order valence-corrected chi connectivity index (χ3v) is 11.5. The Morgan fingerprint density at radius 1 is 0.519 bits per heavy atom. The van der Waals surface area contributed by atoms with E-state index in [9.17, 15) is 0 Å². The van der Waals surface area contributed by atoms with Gasteiger partial charge in [0.1, 0.15) is 0 Å². The van der Waals surface area contributed by atoms with Crippen molar-refractivity contribution < 1.29 is 0 Å². The molecule has 0 N–H and O–H groups in total. The maximum atomic E-state index is 2.56. The van der Waals surface area contributed by atoms with Crippen LogP contribution in [0.3, 0.4) is 0 Å². The van der Waals surface area contributed by atoms with Crippen LogP contribution in [-0.2, 0) is 6.42 Å². The monoisotopic (exact) mass is 694 g/mol. The molecule has 7 aromatic carbocycles. The Labute approximate surface area is 318 Å². The summed E-state index contributed by atoms with van der Waals surface area (Å²) < 4.78 is 2.48. The lowest BCUT2D eigenvalue weighted by Gasteiger charge is -2.31. The number of aryl methyl sites for hydroxylation is 1. The molecule has 0 bridgehead atoms. The fraction of sp³-hybridized carbons (Fsp3) is 0.115. The summed E-state index contributed by atoms with van der Waals surface area (Å²) in [7, 11) is 0. The molecular weight excluding hydrogens is 653 g/mol. The predicted molar refractivity (Wildman–Crippen MR) is 228 cm³/mol. The van der Waals surface area contributed by atoms with E-state index in [1.165, 1.54) is 96.6 Å². The van der Waals surface area contributed by atoms with E-state index in [0.717, 1.165) is 6.42 Å². The van der Waals surface area contributed by atoms with Crippen molar-refractivity contribution in [1.82, 2.24) is 4.57 Å². The fourth-order valence-corrected chi connectivity index (χ4v) is 8.93. The number of benzene rings is 7. The number of fused-ring (bicyclic) bond motifs is 7. The van der Waals surface area contributed by atoms with Crippen LogP contribution < -0.4 is 4.90 Å². The lowest BCUT2D eigenvalue weighted by molar-refractivity contribution is 0.725. The van der Waals surface area contributed by atoms with Gasteiger partial charge in [0.25, 0.3) is 0 Å². The summed E-state index contributed by atoms with van der Waals surface area (Å²) in [5.41, 5.74) is 17.8. The third kappa shape index (κ3) is 5.49. The fourth-order valence-electron chi connectivity index (χ4n) is 8.93. The molecular formula is C52H42N2. The second-order valence-corrected chi connectivity index (χ2v) is 14.8. The molecule has 0 saturated carbocycles. The van der Waals surface area contributed by atoms with Crippen LogP contribution in [0.15, 0.2) is 182 Å². The van der Waals surface area contributed by atoms with E-state index in [4.69, 9.17) is 0 Å². The Bertz CT molecular complexity index is 2640. The van der Waals surface area contributed by atoms with Crippen molar-refractivity contribution >= 4 is 28.4 Å². The summed E-state index contributed by atoms with van der Waals surface area (Å²) in [4.78, 5) is 2.56. The van der Waals surface area contributed by atoms with E-state index in [0.29, 0.717) is 0 Å². The first-order valence-corrected chi connectivity index (χ1v) is 19.4. The van der Waals surface area contributed by atoms with E-state index in [1.54, 1.807) is 0 Å². The Morgan fingerprint density at radius 3 is 1.94 bits per heavy atom. The van der Waals surface area contributed by atoms with Gasteiger partial charge in [0.2, 0.25) is 0 Å². The van der Waals surface area contributed by atoms with Gasteiger partial charge in [-0.15, -0.1) is 0 Å². The quantitative estimate of drug-likeness (QED) is 0.154. The molecule has 10 rings (SSSR count). The molecule has 0 radical (unpaired) electrons. The van der Waals surface area contributed by atoms with Gasteiger partial charge in [-0.3, -0.25) is 0 Å². The van der Waals surface area contributed by atoms with Crippen molar-refractivity contribution in [2.75, 3.05) is 4.90 Å². The van der Waals surface area contributed by atoms with Crippen molar-refractivity contribution in [1.29, 1.82) is 0 Å². The summed E-state index contributed by atoms with van der Waals surface area (Å²) in [6, 6.07) is 65.1. The van der Waals surface area contributed by atoms with Crippen LogP contribution in [0.4, 0.5) is 11.4 Å². The minimum absolute atomic E-state index is 0.171. The summed E-state index contributed by atoms with van der Waals surface area (Å²) in [6.07, 6.45) is 8.44. The van der Waals surface area contributed by atoms with Crippen molar-refractivity contribution in [2.24, 2.45) is 0 Å². The number of anilines is 2. The Balaban J connectivity index is 1.04. The molecule has 1 aromatic heterocycles. The van der Waals surface area contributed by atoms with Gasteiger partial charge in [0.15, 0.2) is 0 Å². The molecule has 8 aromatic rings. The second-order valence-electron chi connectivity index (χ2n) is 14.8. The minimum atomic E-state index is 0.171. The van der Waals surface area contributed by atoms with Crippen molar-refractivity contribution in [2.45, 2.75) is 38.1 Å². The van der Waals surface area contributed by atoms with Crippen molar-refractivity contribution in [3.63, 3.8) is 0 Å². The number of aromatic nitrogens is 1. The second kappa shape index (κ2) is 13.5. The van der Waals surface area contributed by atoms with Crippen LogP contribution in [0.5, 0.6) is 0 Å². The highest BCUT2D eigenvalue weighted by Gasteiger charge is 2.43. The van der Waals surface area contributed by atoms with Crippen molar-refractivity contribution in [3.8, 4) is 39.1 Å². The van der Waals surface area contributed by atoms with Crippen LogP contribution in [0.1, 0.15) is 48.1 Å². The lowest BCUT2D eigenvalue weighted by Crippen LogP contribution is -2.30. The van der Waals surface area contributed by atoms with Crippen LogP contribution in [0.25, 0.3) is 56.0 Å². The largest absolute Gasteiger partial charge is 0.333 e. The molecule has 1 aliphatic carbocycles. The van der Waals surface area contributed by atoms with E-state index in [2.05, 4.69) is 204 Å². The standard InChI is InChI=1S/C52H42N2/c1-2-3-13-36-24-26-38(27-25-36)39-28-30-43(31-29-39)53-47-22-9-7-20-45(47)51-49(53)32-33-50-52(51)46-21-8-10-23-48(46)54(50)44-19-12-18-42(35-44)41-17-11-16-40(34-41)37-14-5-4-6-15-37/h4-12,14-35,49,51H,2-3,13H2,1H3. The zero-order valence-corrected chi connectivity index (χ0v) is 30.6. The van der Waals surface area contributed by atoms with Gasteiger partial charge in [0.05, 0.1) is 17.3 Å². The van der Waals surface area contributed by atoms with Gasteiger partial charge < -0.3 is 9.47 Å². The SMILES string of the molecule is CCCCc1ccc(-c2ccc(N3c4ccccc4C4c5c(n(-c6cccc(-c7cccc(-c8ccccc8)c7)c6)c6ccccc56)C=CC43)cc2)cc1. The third-order valence-electron chi connectivity index (χ3n) is 11.5. The van der Waals surface area contributed by atoms with Crippen LogP contribution in [-0.4, -0.2) is 10.6 Å². The first kappa shape index (κ1) is 32.3. The van der Waals surface area contributed by atoms with Gasteiger partial charge in [-0.2, -0.15) is 0 Å². The average molecular weight is 695 g/mol. The van der Waals surface area contributed by atoms with E-state index >= 15 is 0 Å². The maximum absolute atomic E-state index is 2.56.